The SMILES string of the molecule is CC(N)C(C)C(=O)N1CCN(S(=O)(=O)c2cc(Cl)ccc2Cl)CC1. The Morgan fingerprint density at radius 3 is 2.29 bits per heavy atom. The monoisotopic (exact) mass is 393 g/mol. The molecule has 2 N–H and O–H groups in total. The summed E-state index contributed by atoms with van der Waals surface area (Å²) >= 11 is 11.9. The molecule has 1 amide bonds. The normalized spacial score (nSPS) is 19.1. The molecule has 134 valence electrons. The van der Waals surface area contributed by atoms with Gasteiger partial charge in [0.2, 0.25) is 15.9 Å². The van der Waals surface area contributed by atoms with Crippen LogP contribution in [-0.4, -0.2) is 55.8 Å². The van der Waals surface area contributed by atoms with Crippen LogP contribution in [0.25, 0.3) is 0 Å². The molecule has 1 aliphatic rings. The van der Waals surface area contributed by atoms with E-state index in [1.165, 1.54) is 22.5 Å². The Morgan fingerprint density at radius 1 is 1.17 bits per heavy atom. The Morgan fingerprint density at radius 2 is 1.75 bits per heavy atom. The molecule has 0 saturated carbocycles. The highest BCUT2D eigenvalue weighted by Crippen LogP contribution is 2.28. The summed E-state index contributed by atoms with van der Waals surface area (Å²) in [4.78, 5) is 13.9. The topological polar surface area (TPSA) is 83.7 Å². The zero-order valence-corrected chi connectivity index (χ0v) is 15.9. The average Bonchev–Trinajstić information content (AvgIpc) is 2.55. The van der Waals surface area contributed by atoms with Gasteiger partial charge < -0.3 is 10.6 Å². The van der Waals surface area contributed by atoms with Gasteiger partial charge in [-0.15, -0.1) is 0 Å². The second kappa shape index (κ2) is 7.58. The third kappa shape index (κ3) is 4.03. The molecule has 2 atom stereocenters. The minimum Gasteiger partial charge on any atom is -0.340 e. The van der Waals surface area contributed by atoms with E-state index in [-0.39, 0.29) is 40.9 Å². The molecular formula is C15H21Cl2N3O3S. The Bertz CT molecular complexity index is 717. The van der Waals surface area contributed by atoms with Crippen molar-refractivity contribution in [2.75, 3.05) is 26.2 Å². The number of amides is 1. The number of hydrogen-bond acceptors (Lipinski definition) is 4. The summed E-state index contributed by atoms with van der Waals surface area (Å²) in [7, 11) is -3.75. The van der Waals surface area contributed by atoms with Gasteiger partial charge in [0.25, 0.3) is 0 Å². The van der Waals surface area contributed by atoms with Gasteiger partial charge in [-0.2, -0.15) is 4.31 Å². The Kier molecular flexibility index (Phi) is 6.14. The van der Waals surface area contributed by atoms with Gasteiger partial charge in [-0.05, 0) is 25.1 Å². The average molecular weight is 394 g/mol. The summed E-state index contributed by atoms with van der Waals surface area (Å²) in [6.45, 7) is 4.64. The maximum Gasteiger partial charge on any atom is 0.244 e. The van der Waals surface area contributed by atoms with Crippen LogP contribution in [0.1, 0.15) is 13.8 Å². The number of hydrogen-bond donors (Lipinski definition) is 1. The summed E-state index contributed by atoms with van der Waals surface area (Å²) in [6, 6.07) is 4.09. The molecule has 2 rings (SSSR count). The van der Waals surface area contributed by atoms with Crippen LogP contribution < -0.4 is 5.73 Å². The predicted molar refractivity (Wildman–Crippen MR) is 94.6 cm³/mol. The van der Waals surface area contributed by atoms with E-state index >= 15 is 0 Å². The first-order valence-electron chi connectivity index (χ1n) is 7.64. The Balaban J connectivity index is 2.11. The number of carbonyl (C=O) groups excluding carboxylic acids is 1. The molecule has 9 heteroatoms. The van der Waals surface area contributed by atoms with E-state index in [0.717, 1.165) is 0 Å². The van der Waals surface area contributed by atoms with Gasteiger partial charge in [-0.1, -0.05) is 30.1 Å². The third-order valence-corrected chi connectivity index (χ3v) is 6.85. The molecule has 0 radical (unpaired) electrons. The van der Waals surface area contributed by atoms with Crippen LogP contribution in [0.4, 0.5) is 0 Å². The van der Waals surface area contributed by atoms with Crippen molar-refractivity contribution >= 4 is 39.1 Å². The van der Waals surface area contributed by atoms with Gasteiger partial charge >= 0.3 is 0 Å². The molecule has 1 aromatic carbocycles. The summed E-state index contributed by atoms with van der Waals surface area (Å²) in [6.07, 6.45) is 0. The van der Waals surface area contributed by atoms with E-state index in [0.29, 0.717) is 18.1 Å². The molecule has 0 bridgehead atoms. The molecule has 1 saturated heterocycles. The Labute approximate surface area is 152 Å². The minimum atomic E-state index is -3.75. The summed E-state index contributed by atoms with van der Waals surface area (Å²) in [5.41, 5.74) is 5.77. The van der Waals surface area contributed by atoms with Crippen molar-refractivity contribution in [1.29, 1.82) is 0 Å². The molecule has 24 heavy (non-hydrogen) atoms. The molecule has 1 aliphatic heterocycles. The first kappa shape index (κ1) is 19.5. The Hall–Kier alpha value is -0.860. The van der Waals surface area contributed by atoms with E-state index in [1.54, 1.807) is 18.7 Å². The number of rotatable bonds is 4. The number of carbonyl (C=O) groups is 1. The van der Waals surface area contributed by atoms with Gasteiger partial charge in [0.1, 0.15) is 4.90 Å². The first-order valence-corrected chi connectivity index (χ1v) is 9.83. The highest BCUT2D eigenvalue weighted by molar-refractivity contribution is 7.89. The second-order valence-electron chi connectivity index (χ2n) is 5.95. The van der Waals surface area contributed by atoms with Crippen LogP contribution in [0.5, 0.6) is 0 Å². The molecule has 0 aliphatic carbocycles. The lowest BCUT2D eigenvalue weighted by atomic mass is 10.0. The number of piperazine rings is 1. The molecule has 1 aromatic rings. The van der Waals surface area contributed by atoms with E-state index < -0.39 is 10.0 Å². The lowest BCUT2D eigenvalue weighted by Gasteiger charge is -2.36. The van der Waals surface area contributed by atoms with Gasteiger partial charge in [0.15, 0.2) is 0 Å². The predicted octanol–water partition coefficient (Wildman–Crippen LogP) is 1.81. The van der Waals surface area contributed by atoms with Crippen molar-refractivity contribution < 1.29 is 13.2 Å². The molecule has 1 fully saturated rings. The summed E-state index contributed by atoms with van der Waals surface area (Å²) in [5.74, 6) is -0.349. The lowest BCUT2D eigenvalue weighted by Crippen LogP contribution is -2.53. The number of halogens is 2. The van der Waals surface area contributed by atoms with Crippen molar-refractivity contribution in [1.82, 2.24) is 9.21 Å². The van der Waals surface area contributed by atoms with Crippen LogP contribution in [0.3, 0.4) is 0 Å². The van der Waals surface area contributed by atoms with Gasteiger partial charge in [-0.25, -0.2) is 8.42 Å². The van der Waals surface area contributed by atoms with E-state index in [4.69, 9.17) is 28.9 Å². The van der Waals surface area contributed by atoms with Gasteiger partial charge in [-0.3, -0.25) is 4.79 Å². The fourth-order valence-electron chi connectivity index (χ4n) is 2.48. The van der Waals surface area contributed by atoms with Crippen LogP contribution in [0.15, 0.2) is 23.1 Å². The molecule has 0 spiro atoms. The minimum absolute atomic E-state index is 0.0135. The molecule has 0 aromatic heterocycles. The lowest BCUT2D eigenvalue weighted by molar-refractivity contribution is -0.136. The largest absolute Gasteiger partial charge is 0.340 e. The third-order valence-electron chi connectivity index (χ3n) is 4.24. The zero-order chi connectivity index (χ0) is 18.1. The maximum absolute atomic E-state index is 12.7. The van der Waals surface area contributed by atoms with Crippen molar-refractivity contribution in [2.45, 2.75) is 24.8 Å². The molecule has 1 heterocycles. The van der Waals surface area contributed by atoms with Crippen LogP contribution in [-0.2, 0) is 14.8 Å². The van der Waals surface area contributed by atoms with Crippen molar-refractivity contribution in [3.05, 3.63) is 28.2 Å². The number of benzene rings is 1. The highest BCUT2D eigenvalue weighted by atomic mass is 35.5. The molecular weight excluding hydrogens is 373 g/mol. The highest BCUT2D eigenvalue weighted by Gasteiger charge is 2.33. The van der Waals surface area contributed by atoms with Crippen molar-refractivity contribution in [2.24, 2.45) is 11.7 Å². The van der Waals surface area contributed by atoms with Crippen molar-refractivity contribution in [3.8, 4) is 0 Å². The van der Waals surface area contributed by atoms with Crippen LogP contribution in [0, 0.1) is 5.92 Å². The second-order valence-corrected chi connectivity index (χ2v) is 8.70. The van der Waals surface area contributed by atoms with E-state index in [1.807, 2.05) is 0 Å². The summed E-state index contributed by atoms with van der Waals surface area (Å²) < 4.78 is 26.8. The molecule has 2 unspecified atom stereocenters. The summed E-state index contributed by atoms with van der Waals surface area (Å²) in [5, 5.41) is 0.432. The van der Waals surface area contributed by atoms with Crippen LogP contribution in [0.2, 0.25) is 10.0 Å². The zero-order valence-electron chi connectivity index (χ0n) is 13.6. The van der Waals surface area contributed by atoms with Crippen molar-refractivity contribution in [3.63, 3.8) is 0 Å². The van der Waals surface area contributed by atoms with E-state index in [2.05, 4.69) is 0 Å². The first-order chi connectivity index (χ1) is 11.1. The maximum atomic E-state index is 12.7. The fourth-order valence-corrected chi connectivity index (χ4v) is 4.64. The van der Waals surface area contributed by atoms with Crippen LogP contribution >= 0.6 is 23.2 Å². The number of nitrogens with two attached hydrogens (primary N) is 1. The van der Waals surface area contributed by atoms with Gasteiger partial charge in [0, 0.05) is 37.2 Å². The van der Waals surface area contributed by atoms with E-state index in [9.17, 15) is 13.2 Å². The smallest absolute Gasteiger partial charge is 0.244 e. The quantitative estimate of drug-likeness (QED) is 0.844. The van der Waals surface area contributed by atoms with Gasteiger partial charge in [0.05, 0.1) is 10.9 Å². The fraction of sp³-hybridized carbons (Fsp3) is 0.533. The molecule has 6 nitrogen and oxygen atoms in total. The standard InChI is InChI=1S/C15H21Cl2N3O3S/c1-10(11(2)18)15(21)19-5-7-20(8-6-19)24(22,23)14-9-12(16)3-4-13(14)17/h3-4,9-11H,5-8,18H2,1-2H3. The number of sulfonamides is 1. The number of nitrogens with zero attached hydrogens (tertiary/aromatic N) is 2.